The van der Waals surface area contributed by atoms with E-state index in [0.29, 0.717) is 25.8 Å². The molecule has 10 nitrogen and oxygen atoms in total. The molecule has 2 aliphatic carbocycles. The fraction of sp³-hybridized carbons (Fsp3) is 0.238. The van der Waals surface area contributed by atoms with Crippen molar-refractivity contribution >= 4 is 47.7 Å². The summed E-state index contributed by atoms with van der Waals surface area (Å²) in [7, 11) is 7.20. The van der Waals surface area contributed by atoms with Crippen molar-refractivity contribution in [2.24, 2.45) is 0 Å². The third-order valence-electron chi connectivity index (χ3n) is 13.2. The maximum atomic E-state index is 14.8. The molecule has 0 radical (unpaired) electrons. The molecule has 446 valence electrons. The molecule has 6 aromatic rings. The van der Waals surface area contributed by atoms with Gasteiger partial charge in [-0.1, -0.05) is 24.3 Å². The van der Waals surface area contributed by atoms with Crippen molar-refractivity contribution in [3.63, 3.8) is 0 Å². The number of halogens is 12. The summed E-state index contributed by atoms with van der Waals surface area (Å²) in [5, 5.41) is 5.35. The fourth-order valence-corrected chi connectivity index (χ4v) is 8.91. The minimum Gasteiger partial charge on any atom is -0.492 e. The molecule has 0 aromatic heterocycles. The first-order valence-corrected chi connectivity index (χ1v) is 26.1. The lowest BCUT2D eigenvalue weighted by Gasteiger charge is -2.27. The normalized spacial score (nSPS) is 17.4. The molecule has 0 aliphatic heterocycles. The number of ketones is 2. The van der Waals surface area contributed by atoms with E-state index in [1.165, 1.54) is 66.8 Å². The minimum atomic E-state index is -4.82. The van der Waals surface area contributed by atoms with Crippen molar-refractivity contribution in [3.05, 3.63) is 223 Å². The van der Waals surface area contributed by atoms with Crippen molar-refractivity contribution in [2.75, 3.05) is 54.5 Å². The van der Waals surface area contributed by atoms with Crippen molar-refractivity contribution in [1.29, 1.82) is 0 Å². The second-order valence-electron chi connectivity index (χ2n) is 20.3. The van der Waals surface area contributed by atoms with Crippen molar-refractivity contribution < 1.29 is 81.3 Å². The Kier molecular flexibility index (Phi) is 21.2. The Balaban J connectivity index is 0.000000244. The number of alkyl halides is 3. The standard InChI is InChI=1S/C32H27F7N2O3.C31H27F5N2O3/c1-41(2)9-10-44-29-8-5-20(17-24(29)32(37,38)39)31(43)40-23-15-21(11-18-3-6-25(33)27(35)13-18)30(42)22(16-23)12-19-4-7-26(34)28(36)14-19;1-38(2)9-10-41-23-5-6-24(27(34)17-23)31(40)37-22-15-20(11-18-3-7-25(32)28(35)13-18)30(39)21(16-22)12-19-4-8-26(33)29(36)14-19/h3-8,11-14,17,23H,9-10,15-16H2,1-2H3,(H,40,43);3-8,11-14,17,22H,9-10,15-16H2,1-2H3,(H,37,40)/b21-11+,22-12+;20-11+,21-12+. The second-order valence-corrected chi connectivity index (χ2v) is 20.3. The molecule has 2 N–H and O–H groups in total. The quantitative estimate of drug-likeness (QED) is 0.0727. The zero-order valence-electron chi connectivity index (χ0n) is 45.9. The number of likely N-dealkylation sites (N-methyl/N-ethyl adjacent to an activating group) is 2. The number of Topliss-reactive ketones (excluding diaryl/α,β-unsaturated/α-hetero) is 2. The number of nitrogens with one attached hydrogen (secondary N) is 2. The van der Waals surface area contributed by atoms with E-state index in [1.807, 2.05) is 19.0 Å². The van der Waals surface area contributed by atoms with Crippen LogP contribution in [0.1, 0.15) is 74.2 Å². The highest BCUT2D eigenvalue weighted by atomic mass is 19.4. The minimum absolute atomic E-state index is 0.00599. The van der Waals surface area contributed by atoms with Gasteiger partial charge in [0, 0.05) is 59.1 Å². The van der Waals surface area contributed by atoms with Crippen LogP contribution in [0.25, 0.3) is 24.3 Å². The number of benzene rings is 6. The Morgan fingerprint density at radius 1 is 0.471 bits per heavy atom. The number of carbonyl (C=O) groups excluding carboxylic acids is 4. The summed E-state index contributed by atoms with van der Waals surface area (Å²) < 4.78 is 176. The van der Waals surface area contributed by atoms with Crippen LogP contribution in [-0.4, -0.2) is 99.8 Å². The molecule has 8 rings (SSSR count). The van der Waals surface area contributed by atoms with Crippen molar-refractivity contribution in [3.8, 4) is 11.5 Å². The van der Waals surface area contributed by atoms with E-state index in [0.717, 1.165) is 60.7 Å². The molecule has 2 fully saturated rings. The summed E-state index contributed by atoms with van der Waals surface area (Å²) in [6, 6.07) is 17.5. The van der Waals surface area contributed by atoms with E-state index in [-0.39, 0.29) is 93.7 Å². The number of carbonyl (C=O) groups is 4. The van der Waals surface area contributed by atoms with Crippen LogP contribution < -0.4 is 20.1 Å². The topological polar surface area (TPSA) is 117 Å². The third-order valence-corrected chi connectivity index (χ3v) is 13.2. The van der Waals surface area contributed by atoms with Crippen molar-refractivity contribution in [1.82, 2.24) is 20.4 Å². The summed E-state index contributed by atoms with van der Waals surface area (Å²) >= 11 is 0. The van der Waals surface area contributed by atoms with E-state index in [9.17, 15) is 71.9 Å². The highest BCUT2D eigenvalue weighted by Crippen LogP contribution is 2.38. The van der Waals surface area contributed by atoms with Crippen LogP contribution in [0.4, 0.5) is 52.7 Å². The first kappa shape index (κ1) is 63.8. The number of hydrogen-bond donors (Lipinski definition) is 2. The zero-order chi connectivity index (χ0) is 61.9. The number of ether oxygens (including phenoxy) is 2. The first-order valence-electron chi connectivity index (χ1n) is 26.1. The van der Waals surface area contributed by atoms with Crippen LogP contribution in [0.5, 0.6) is 11.5 Å². The smallest absolute Gasteiger partial charge is 0.419 e. The molecule has 2 amide bonds. The van der Waals surface area contributed by atoms with E-state index >= 15 is 0 Å². The van der Waals surface area contributed by atoms with Crippen LogP contribution >= 0.6 is 0 Å². The average molecular weight is 1190 g/mol. The monoisotopic (exact) mass is 1190 g/mol. The van der Waals surface area contributed by atoms with Gasteiger partial charge in [-0.05, 0) is 179 Å². The summed E-state index contributed by atoms with van der Waals surface area (Å²) in [4.78, 5) is 56.4. The molecular weight excluding hydrogens is 1140 g/mol. The van der Waals surface area contributed by atoms with Crippen LogP contribution in [0.2, 0.25) is 0 Å². The van der Waals surface area contributed by atoms with Gasteiger partial charge in [-0.15, -0.1) is 0 Å². The molecule has 6 aromatic carbocycles. The molecule has 0 atom stereocenters. The van der Waals surface area contributed by atoms with E-state index in [2.05, 4.69) is 10.6 Å². The lowest BCUT2D eigenvalue weighted by atomic mass is 9.83. The van der Waals surface area contributed by atoms with Gasteiger partial charge in [0.2, 0.25) is 0 Å². The largest absolute Gasteiger partial charge is 0.492 e. The molecule has 0 unspecified atom stereocenters. The molecular formula is C63H54F12N4O6. The number of rotatable bonds is 16. The van der Waals surface area contributed by atoms with Gasteiger partial charge in [-0.2, -0.15) is 13.2 Å². The van der Waals surface area contributed by atoms with Gasteiger partial charge >= 0.3 is 6.18 Å². The maximum Gasteiger partial charge on any atom is 0.419 e. The Morgan fingerprint density at radius 3 is 1.20 bits per heavy atom. The van der Waals surface area contributed by atoms with E-state index < -0.39 is 105 Å². The van der Waals surface area contributed by atoms with Gasteiger partial charge in [-0.3, -0.25) is 19.2 Å². The number of nitrogens with zero attached hydrogens (tertiary/aromatic N) is 2. The van der Waals surface area contributed by atoms with Crippen LogP contribution in [0.3, 0.4) is 0 Å². The Hall–Kier alpha value is -8.76. The lowest BCUT2D eigenvalue weighted by Crippen LogP contribution is -2.39. The average Bonchev–Trinajstić information content (AvgIpc) is 3.53. The zero-order valence-corrected chi connectivity index (χ0v) is 45.9. The fourth-order valence-electron chi connectivity index (χ4n) is 8.91. The second kappa shape index (κ2) is 28.2. The summed E-state index contributed by atoms with van der Waals surface area (Å²) in [6.07, 6.45) is 0.312. The summed E-state index contributed by atoms with van der Waals surface area (Å²) in [6.45, 7) is 1.29. The Labute approximate surface area is 480 Å². The van der Waals surface area contributed by atoms with Crippen molar-refractivity contribution in [2.45, 2.75) is 43.9 Å². The maximum absolute atomic E-state index is 14.8. The summed E-state index contributed by atoms with van der Waals surface area (Å²) in [5.74, 6) is -12.4. The molecule has 0 bridgehead atoms. The molecule has 2 saturated carbocycles. The van der Waals surface area contributed by atoms with Gasteiger partial charge < -0.3 is 29.9 Å². The highest BCUT2D eigenvalue weighted by molar-refractivity contribution is 6.15. The number of amides is 2. The molecule has 0 heterocycles. The van der Waals surface area contributed by atoms with Gasteiger partial charge in [0.15, 0.2) is 58.1 Å². The van der Waals surface area contributed by atoms with E-state index in [4.69, 9.17) is 9.47 Å². The third kappa shape index (κ3) is 17.6. The Morgan fingerprint density at radius 2 is 0.847 bits per heavy atom. The predicted octanol–water partition coefficient (Wildman–Crippen LogP) is 12.8. The first-order chi connectivity index (χ1) is 40.2. The van der Waals surface area contributed by atoms with Crippen LogP contribution in [0.15, 0.2) is 131 Å². The highest BCUT2D eigenvalue weighted by Gasteiger charge is 2.36. The summed E-state index contributed by atoms with van der Waals surface area (Å²) in [5.41, 5.74) is -0.519. The predicted molar refractivity (Wildman–Crippen MR) is 294 cm³/mol. The lowest BCUT2D eigenvalue weighted by molar-refractivity contribution is -0.139. The van der Waals surface area contributed by atoms with Gasteiger partial charge in [0.05, 0.1) is 11.1 Å². The van der Waals surface area contributed by atoms with E-state index in [1.54, 1.807) is 19.0 Å². The molecule has 0 spiro atoms. The molecule has 2 aliphatic rings. The van der Waals surface area contributed by atoms with Crippen LogP contribution in [0, 0.1) is 52.4 Å². The molecule has 85 heavy (non-hydrogen) atoms. The Bertz CT molecular complexity index is 3490. The van der Waals surface area contributed by atoms with Gasteiger partial charge in [0.1, 0.15) is 30.5 Å². The molecule has 0 saturated heterocycles. The van der Waals surface area contributed by atoms with Gasteiger partial charge in [0.25, 0.3) is 11.8 Å². The molecule has 22 heteroatoms. The van der Waals surface area contributed by atoms with Crippen LogP contribution in [-0.2, 0) is 15.8 Å². The van der Waals surface area contributed by atoms with Gasteiger partial charge in [-0.25, -0.2) is 39.5 Å². The SMILES string of the molecule is CN(C)CCOc1ccc(C(=O)NC2C/C(=C\c3ccc(F)c(F)c3)C(=O)/C(=C/c3ccc(F)c(F)c3)C2)c(F)c1.CN(C)CCOc1ccc(C(=O)NC2C/C(=C\c3ccc(F)c(F)c3)C(=O)/C(=C/c3ccc(F)c(F)c3)C2)cc1C(F)(F)F. The number of hydrogen-bond acceptors (Lipinski definition) is 8.